The van der Waals surface area contributed by atoms with Gasteiger partial charge in [-0.05, 0) is 104 Å². The molecule has 0 aliphatic heterocycles. The maximum Gasteiger partial charge on any atom is 0.407 e. The number of nitrogens with zero attached hydrogens (tertiary/aromatic N) is 1. The molecule has 0 bridgehead atoms. The molecule has 0 aliphatic carbocycles. The average molecular weight is 945 g/mol. The van der Waals surface area contributed by atoms with E-state index in [2.05, 4.69) is 21.4 Å². The molecule has 20 N–H and O–H groups in total. The van der Waals surface area contributed by atoms with Crippen molar-refractivity contribution in [2.24, 2.45) is 56.6 Å². The molecule has 0 spiro atoms. The van der Waals surface area contributed by atoms with Crippen molar-refractivity contribution >= 4 is 55.9 Å². The van der Waals surface area contributed by atoms with Crippen LogP contribution in [0.5, 0.6) is 0 Å². The van der Waals surface area contributed by atoms with Crippen molar-refractivity contribution in [3.05, 3.63) is 35.9 Å². The molecule has 5 atom stereocenters. The first-order chi connectivity index (χ1) is 31.2. The Balaban J connectivity index is -0.000000173. The molecule has 0 saturated heterocycles. The second-order valence-corrected chi connectivity index (χ2v) is 14.7. The first-order valence-corrected chi connectivity index (χ1v) is 22.1. The van der Waals surface area contributed by atoms with Gasteiger partial charge in [0.2, 0.25) is 0 Å². The van der Waals surface area contributed by atoms with Gasteiger partial charge in [0, 0.05) is 26.2 Å². The number of nitrogens with two attached hydrogens (primary N) is 9. The maximum atomic E-state index is 11.4. The normalized spacial score (nSPS) is 11.8. The van der Waals surface area contributed by atoms with Gasteiger partial charge in [0.25, 0.3) is 0 Å². The third-order valence-corrected chi connectivity index (χ3v) is 7.07. The highest BCUT2D eigenvalue weighted by atomic mass is 16.6. The summed E-state index contributed by atoms with van der Waals surface area (Å²) < 4.78 is 10.1. The number of ether oxygens (including phenoxy) is 2. The molecule has 1 aromatic carbocycles. The van der Waals surface area contributed by atoms with E-state index in [0.29, 0.717) is 58.0 Å². The van der Waals surface area contributed by atoms with Crippen LogP contribution in [0, 0.1) is 0 Å². The molecule has 66 heavy (non-hydrogen) atoms. The Morgan fingerprint density at radius 1 is 0.636 bits per heavy atom. The van der Waals surface area contributed by atoms with Gasteiger partial charge in [-0.1, -0.05) is 50.6 Å². The minimum absolute atomic E-state index is 0.0738. The lowest BCUT2D eigenvalue weighted by atomic mass is 10.1. The van der Waals surface area contributed by atoms with Crippen molar-refractivity contribution in [2.75, 3.05) is 32.7 Å². The second-order valence-electron chi connectivity index (χ2n) is 14.7. The largest absolute Gasteiger partial charge is 0.445 e. The van der Waals surface area contributed by atoms with E-state index in [1.165, 1.54) is 0 Å². The zero-order valence-electron chi connectivity index (χ0n) is 40.5. The number of rotatable bonds is 26. The van der Waals surface area contributed by atoms with Crippen LogP contribution in [0.1, 0.15) is 118 Å². The van der Waals surface area contributed by atoms with Crippen molar-refractivity contribution in [2.45, 2.75) is 155 Å². The number of carbonyl (C=O) groups excluding carboxylic acids is 8. The fourth-order valence-electron chi connectivity index (χ4n) is 3.81. The Morgan fingerprint density at radius 2 is 1.02 bits per heavy atom. The van der Waals surface area contributed by atoms with Crippen LogP contribution in [0.4, 0.5) is 9.59 Å². The van der Waals surface area contributed by atoms with Crippen molar-refractivity contribution in [1.29, 1.82) is 0 Å². The number of amides is 2. The highest BCUT2D eigenvalue weighted by Crippen LogP contribution is 2.06. The number of aliphatic imine (C=N–C) groups is 1. The SMILES string of the molecule is CC.CC(C)(C)OC(=O)NCCCCC(N)C=O.CC(N)C=O.NC(C=O)CCCCNC(=O)OCc1ccccc1.NC(N)=NCCCC(N)C=O.NCC=O.NCCCCC(N)C=O. The fourth-order valence-corrected chi connectivity index (χ4v) is 3.81. The second kappa shape index (κ2) is 55.9. The van der Waals surface area contributed by atoms with Crippen LogP contribution in [-0.2, 0) is 44.8 Å². The van der Waals surface area contributed by atoms with Crippen LogP contribution in [-0.4, -0.2) is 124 Å². The smallest absolute Gasteiger partial charge is 0.407 e. The number of carbonyl (C=O) groups is 8. The Kier molecular flexibility index (Phi) is 61.3. The van der Waals surface area contributed by atoms with Crippen LogP contribution >= 0.6 is 0 Å². The predicted molar refractivity (Wildman–Crippen MR) is 262 cm³/mol. The van der Waals surface area contributed by atoms with E-state index in [1.54, 1.807) is 6.92 Å². The van der Waals surface area contributed by atoms with Gasteiger partial charge in [0.05, 0.1) is 30.2 Å². The molecule has 22 heteroatoms. The van der Waals surface area contributed by atoms with E-state index in [4.69, 9.17) is 60.1 Å². The number of benzene rings is 1. The molecule has 0 heterocycles. The van der Waals surface area contributed by atoms with Crippen molar-refractivity contribution in [3.63, 3.8) is 0 Å². The zero-order chi connectivity index (χ0) is 52.0. The molecule has 0 aliphatic rings. The van der Waals surface area contributed by atoms with E-state index >= 15 is 0 Å². The van der Waals surface area contributed by atoms with Crippen molar-refractivity contribution < 1.29 is 47.8 Å². The zero-order valence-corrected chi connectivity index (χ0v) is 40.5. The summed E-state index contributed by atoms with van der Waals surface area (Å²) in [5.41, 5.74) is 46.9. The molecule has 5 unspecified atom stereocenters. The number of hydrogen-bond acceptors (Lipinski definition) is 18. The third kappa shape index (κ3) is 73.2. The third-order valence-electron chi connectivity index (χ3n) is 7.07. The minimum Gasteiger partial charge on any atom is -0.445 e. The van der Waals surface area contributed by atoms with Gasteiger partial charge in [-0.2, -0.15) is 0 Å². The summed E-state index contributed by atoms with van der Waals surface area (Å²) in [7, 11) is 0. The monoisotopic (exact) mass is 945 g/mol. The lowest BCUT2D eigenvalue weighted by molar-refractivity contribution is -0.109. The summed E-state index contributed by atoms with van der Waals surface area (Å²) in [5.74, 6) is 0.0738. The van der Waals surface area contributed by atoms with E-state index in [1.807, 2.05) is 65.0 Å². The molecular formula is C44H88N12O10. The molecule has 22 nitrogen and oxygen atoms in total. The minimum atomic E-state index is -0.468. The van der Waals surface area contributed by atoms with E-state index < -0.39 is 23.8 Å². The van der Waals surface area contributed by atoms with Crippen LogP contribution in [0.15, 0.2) is 35.3 Å². The standard InChI is InChI=1S/C14H20N2O3.C11H22N2O3.C6H14N4O.C6H14N2O.C3H7NO.C2H5NO.C2H6/c15-13(10-17)8-4-5-9-16-14(18)19-11-12-6-2-1-3-7-12;1-11(2,3)16-10(15)13-7-5-4-6-9(12)8-14;7-5(4-11)2-1-3-10-6(8)9;7-4-2-1-3-6(8)5-9;1-3(4)2-5;3-1-2-4;1-2/h1-3,6-7,10,13H,4-5,8-9,11,15H2,(H,16,18);8-9H,4-7,12H2,1-3H3,(H,13,15);4-5H,1-3,7H2,(H4,8,9,10);5-6H,1-4,7-8H2;2-3H,4H2,1H3;2H,1,3H2;1-2H3. The lowest BCUT2D eigenvalue weighted by Crippen LogP contribution is -2.33. The molecule has 1 rings (SSSR count). The Labute approximate surface area is 393 Å². The Bertz CT molecular complexity index is 1320. The van der Waals surface area contributed by atoms with E-state index in [0.717, 1.165) is 82.1 Å². The summed E-state index contributed by atoms with van der Waals surface area (Å²) in [6, 6.07) is 7.75. The maximum absolute atomic E-state index is 11.4. The van der Waals surface area contributed by atoms with E-state index in [-0.39, 0.29) is 43.3 Å². The number of unbranched alkanes of at least 4 members (excludes halogenated alkanes) is 3. The number of guanidine groups is 1. The van der Waals surface area contributed by atoms with Crippen LogP contribution in [0.3, 0.4) is 0 Å². The average Bonchev–Trinajstić information content (AvgIpc) is 3.30. The molecule has 0 saturated carbocycles. The summed E-state index contributed by atoms with van der Waals surface area (Å²) >= 11 is 0. The van der Waals surface area contributed by atoms with Gasteiger partial charge in [-0.3, -0.25) is 4.99 Å². The van der Waals surface area contributed by atoms with Gasteiger partial charge in [0.1, 0.15) is 49.9 Å². The van der Waals surface area contributed by atoms with Crippen LogP contribution in [0.25, 0.3) is 0 Å². The Hall–Kier alpha value is -5.23. The number of nitrogens with one attached hydrogen (secondary N) is 2. The first-order valence-electron chi connectivity index (χ1n) is 22.1. The van der Waals surface area contributed by atoms with Crippen molar-refractivity contribution in [1.82, 2.24) is 10.6 Å². The van der Waals surface area contributed by atoms with Gasteiger partial charge in [-0.15, -0.1) is 0 Å². The van der Waals surface area contributed by atoms with Gasteiger partial charge in [-0.25, -0.2) is 9.59 Å². The number of alkyl carbamates (subject to hydrolysis) is 2. The number of hydrogen-bond donors (Lipinski definition) is 11. The molecule has 0 fully saturated rings. The first kappa shape index (κ1) is 72.4. The summed E-state index contributed by atoms with van der Waals surface area (Å²) in [6.45, 7) is 13.8. The summed E-state index contributed by atoms with van der Waals surface area (Å²) in [5, 5.41) is 5.29. The molecule has 0 radical (unpaired) electrons. The Morgan fingerprint density at radius 3 is 1.35 bits per heavy atom. The topological polar surface area (TPSA) is 426 Å². The highest BCUT2D eigenvalue weighted by molar-refractivity contribution is 5.75. The van der Waals surface area contributed by atoms with Crippen molar-refractivity contribution in [3.8, 4) is 0 Å². The molecule has 2 amide bonds. The molecule has 0 aromatic heterocycles. The summed E-state index contributed by atoms with van der Waals surface area (Å²) in [4.78, 5) is 85.2. The summed E-state index contributed by atoms with van der Waals surface area (Å²) in [6.07, 6.45) is 12.0. The quantitative estimate of drug-likeness (QED) is 0.0264. The van der Waals surface area contributed by atoms with Crippen LogP contribution in [0.2, 0.25) is 0 Å². The highest BCUT2D eigenvalue weighted by Gasteiger charge is 2.15. The van der Waals surface area contributed by atoms with Gasteiger partial charge < -0.3 is 100 Å². The molecule has 1 aromatic rings. The predicted octanol–water partition coefficient (Wildman–Crippen LogP) is 0.727. The molecular weight excluding hydrogens is 857 g/mol. The fraction of sp³-hybridized carbons (Fsp3) is 0.659. The molecule has 384 valence electrons. The van der Waals surface area contributed by atoms with Crippen LogP contribution < -0.4 is 62.2 Å². The van der Waals surface area contributed by atoms with E-state index in [9.17, 15) is 33.6 Å². The number of aldehydes is 6. The van der Waals surface area contributed by atoms with Gasteiger partial charge >= 0.3 is 12.2 Å². The van der Waals surface area contributed by atoms with Gasteiger partial charge in [0.15, 0.2) is 5.96 Å². The lowest BCUT2D eigenvalue weighted by Gasteiger charge is -2.19.